The number of allylic oxidation sites excluding steroid dienone is 2. The minimum Gasteiger partial charge on any atom is -0.466 e. The van der Waals surface area contributed by atoms with Crippen molar-refractivity contribution in [3.63, 3.8) is 0 Å². The van der Waals surface area contributed by atoms with Crippen molar-refractivity contribution in [2.75, 3.05) is 20.8 Å². The van der Waals surface area contributed by atoms with Crippen LogP contribution in [-0.2, 0) is 25.2 Å². The molecule has 0 fully saturated rings. The van der Waals surface area contributed by atoms with E-state index in [4.69, 9.17) is 9.47 Å². The number of hydrogen-bond donors (Lipinski definition) is 0. The van der Waals surface area contributed by atoms with Gasteiger partial charge in [0.2, 0.25) is 0 Å². The quantitative estimate of drug-likeness (QED) is 0.574. The molecule has 0 aliphatic carbocycles. The molecule has 1 unspecified atom stereocenters. The van der Waals surface area contributed by atoms with Gasteiger partial charge < -0.3 is 14.4 Å². The molecule has 1 aromatic rings. The average molecular weight is 383 g/mol. The minimum absolute atomic E-state index is 0.0981. The van der Waals surface area contributed by atoms with Gasteiger partial charge >= 0.3 is 12.1 Å². The molecule has 0 saturated carbocycles. The summed E-state index contributed by atoms with van der Waals surface area (Å²) in [6.45, 7) is 3.70. The zero-order chi connectivity index (χ0) is 20.4. The smallest absolute Gasteiger partial charge is 0.416 e. The number of hydrogen-bond acceptors (Lipinski definition) is 5. The van der Waals surface area contributed by atoms with Crippen molar-refractivity contribution >= 4 is 12.4 Å². The zero-order valence-corrected chi connectivity index (χ0v) is 15.4. The Labute approximate surface area is 155 Å². The summed E-state index contributed by atoms with van der Waals surface area (Å²) >= 11 is 0. The second-order valence-corrected chi connectivity index (χ2v) is 6.12. The Morgan fingerprint density at radius 3 is 2.26 bits per heavy atom. The summed E-state index contributed by atoms with van der Waals surface area (Å²) in [6.07, 6.45) is -4.46. The number of alkyl halides is 3. The molecule has 0 spiro atoms. The van der Waals surface area contributed by atoms with Gasteiger partial charge in [-0.1, -0.05) is 12.1 Å². The molecule has 5 nitrogen and oxygen atoms in total. The van der Waals surface area contributed by atoms with E-state index in [1.54, 1.807) is 25.8 Å². The molecular weight excluding hydrogens is 363 g/mol. The summed E-state index contributed by atoms with van der Waals surface area (Å²) in [4.78, 5) is 24.9. The summed E-state index contributed by atoms with van der Waals surface area (Å²) in [5, 5.41) is 0. The van der Waals surface area contributed by atoms with Crippen molar-refractivity contribution in [2.24, 2.45) is 0 Å². The maximum atomic E-state index is 12.9. The first-order valence-corrected chi connectivity index (χ1v) is 8.08. The molecule has 0 N–H and O–H groups in total. The fourth-order valence-corrected chi connectivity index (χ4v) is 3.16. The van der Waals surface area contributed by atoms with E-state index in [1.165, 1.54) is 19.2 Å². The zero-order valence-electron chi connectivity index (χ0n) is 15.4. The topological polar surface area (TPSA) is 55.8 Å². The second-order valence-electron chi connectivity index (χ2n) is 6.12. The summed E-state index contributed by atoms with van der Waals surface area (Å²) in [6, 6.07) is 4.57. The number of rotatable bonds is 5. The Morgan fingerprint density at radius 1 is 1.19 bits per heavy atom. The fourth-order valence-electron chi connectivity index (χ4n) is 3.16. The molecule has 146 valence electrons. The van der Waals surface area contributed by atoms with E-state index in [9.17, 15) is 22.8 Å². The number of carbonyl (C=O) groups is 2. The Balaban J connectivity index is 2.63. The molecule has 0 radical (unpaired) electrons. The highest BCUT2D eigenvalue weighted by atomic mass is 19.4. The molecule has 1 aliphatic rings. The van der Waals surface area contributed by atoms with Crippen molar-refractivity contribution < 1.29 is 32.2 Å². The van der Waals surface area contributed by atoms with Crippen LogP contribution < -0.4 is 0 Å². The largest absolute Gasteiger partial charge is 0.466 e. The molecule has 2 rings (SSSR count). The van der Waals surface area contributed by atoms with Crippen molar-refractivity contribution in [1.29, 1.82) is 0 Å². The van der Waals surface area contributed by atoms with Gasteiger partial charge in [0.15, 0.2) is 0 Å². The summed E-state index contributed by atoms with van der Waals surface area (Å²) < 4.78 is 48.4. The summed E-state index contributed by atoms with van der Waals surface area (Å²) in [7, 11) is 2.98. The van der Waals surface area contributed by atoms with E-state index in [2.05, 4.69) is 0 Å². The molecular formula is C19H20F3NO4. The van der Waals surface area contributed by atoms with E-state index in [0.717, 1.165) is 17.8 Å². The maximum Gasteiger partial charge on any atom is 0.416 e. The van der Waals surface area contributed by atoms with Crippen LogP contribution in [0.4, 0.5) is 13.2 Å². The van der Waals surface area contributed by atoms with Crippen molar-refractivity contribution in [2.45, 2.75) is 25.9 Å². The van der Waals surface area contributed by atoms with Crippen LogP contribution in [0.2, 0.25) is 0 Å². The fraction of sp³-hybridized carbons (Fsp3) is 0.368. The number of methoxy groups -OCH3 is 1. The average Bonchev–Trinajstić information content (AvgIpc) is 2.64. The van der Waals surface area contributed by atoms with Gasteiger partial charge in [-0.05, 0) is 37.1 Å². The highest BCUT2D eigenvalue weighted by Crippen LogP contribution is 2.42. The first-order chi connectivity index (χ1) is 12.6. The number of esters is 1. The molecule has 1 aromatic carbocycles. The molecule has 0 aromatic heterocycles. The molecule has 0 amide bonds. The van der Waals surface area contributed by atoms with E-state index in [1.807, 2.05) is 0 Å². The maximum absolute atomic E-state index is 12.9. The van der Waals surface area contributed by atoms with Crippen molar-refractivity contribution in [1.82, 2.24) is 4.90 Å². The van der Waals surface area contributed by atoms with Crippen LogP contribution in [0.15, 0.2) is 46.8 Å². The van der Waals surface area contributed by atoms with Crippen LogP contribution in [0.3, 0.4) is 0 Å². The van der Waals surface area contributed by atoms with Gasteiger partial charge in [-0.3, -0.25) is 4.79 Å². The number of ether oxygens (including phenoxy) is 2. The second kappa shape index (κ2) is 7.85. The molecule has 8 heteroatoms. The van der Waals surface area contributed by atoms with E-state index in [-0.39, 0.29) is 18.7 Å². The van der Waals surface area contributed by atoms with Gasteiger partial charge in [-0.15, -0.1) is 0 Å². The molecule has 0 saturated heterocycles. The van der Waals surface area contributed by atoms with Gasteiger partial charge in [0.1, 0.15) is 6.61 Å². The van der Waals surface area contributed by atoms with Crippen LogP contribution >= 0.6 is 0 Å². The van der Waals surface area contributed by atoms with E-state index >= 15 is 0 Å². The lowest BCUT2D eigenvalue weighted by Gasteiger charge is -2.36. The number of carbonyl (C=O) groups excluding carboxylic acids is 2. The first kappa shape index (κ1) is 20.5. The molecule has 0 bridgehead atoms. The van der Waals surface area contributed by atoms with Crippen LogP contribution in [0.5, 0.6) is 0 Å². The van der Waals surface area contributed by atoms with Gasteiger partial charge in [0.05, 0.1) is 18.2 Å². The van der Waals surface area contributed by atoms with Gasteiger partial charge in [-0.25, -0.2) is 4.79 Å². The van der Waals surface area contributed by atoms with E-state index in [0.29, 0.717) is 16.8 Å². The number of nitrogens with zero attached hydrogens (tertiary/aromatic N) is 1. The molecule has 27 heavy (non-hydrogen) atoms. The minimum atomic E-state index is -4.46. The lowest BCUT2D eigenvalue weighted by Crippen LogP contribution is -2.31. The van der Waals surface area contributed by atoms with Gasteiger partial charge in [0, 0.05) is 24.4 Å². The molecule has 1 heterocycles. The van der Waals surface area contributed by atoms with E-state index < -0.39 is 23.6 Å². The third-order valence-electron chi connectivity index (χ3n) is 4.78. The Morgan fingerprint density at radius 2 is 1.78 bits per heavy atom. The summed E-state index contributed by atoms with van der Waals surface area (Å²) in [5.41, 5.74) is 1.92. The van der Waals surface area contributed by atoms with Crippen LogP contribution in [-0.4, -0.2) is 38.1 Å². The van der Waals surface area contributed by atoms with Crippen LogP contribution in [0.1, 0.15) is 30.9 Å². The monoisotopic (exact) mass is 383 g/mol. The highest BCUT2D eigenvalue weighted by Gasteiger charge is 2.37. The normalized spacial score (nSPS) is 17.9. The lowest BCUT2D eigenvalue weighted by atomic mass is 9.80. The third kappa shape index (κ3) is 3.99. The number of benzene rings is 1. The SMILES string of the molecule is COC(=O)C1=C(C)N(C)C(C)=C(COC=O)C1c1ccc(C(F)(F)F)cc1. The predicted octanol–water partition coefficient (Wildman–Crippen LogP) is 3.63. The van der Waals surface area contributed by atoms with Crippen molar-refractivity contribution in [3.05, 3.63) is 57.9 Å². The van der Waals surface area contributed by atoms with Gasteiger partial charge in [-0.2, -0.15) is 13.2 Å². The summed E-state index contributed by atoms with van der Waals surface area (Å²) in [5.74, 6) is -1.28. The molecule has 1 atom stereocenters. The van der Waals surface area contributed by atoms with Gasteiger partial charge in [0.25, 0.3) is 6.47 Å². The standard InChI is InChI=1S/C19H20F3NO4/c1-11-15(9-27-10-24)17(16(18(25)26-4)12(2)23(11)3)13-5-7-14(8-6-13)19(20,21)22/h5-8,10,17H,9H2,1-4H3. The third-order valence-corrected chi connectivity index (χ3v) is 4.78. The van der Waals surface area contributed by atoms with Crippen LogP contribution in [0.25, 0.3) is 0 Å². The predicted molar refractivity (Wildman–Crippen MR) is 91.4 cm³/mol. The molecule has 1 aliphatic heterocycles. The first-order valence-electron chi connectivity index (χ1n) is 8.08. The lowest BCUT2D eigenvalue weighted by molar-refractivity contribution is -0.138. The van der Waals surface area contributed by atoms with Crippen molar-refractivity contribution in [3.8, 4) is 0 Å². The Bertz CT molecular complexity index is 794. The Hall–Kier alpha value is -2.77. The number of halogens is 3. The van der Waals surface area contributed by atoms with Crippen LogP contribution in [0, 0.1) is 0 Å². The highest BCUT2D eigenvalue weighted by molar-refractivity contribution is 5.92. The Kier molecular flexibility index (Phi) is 5.98.